The number of hydrogen-bond acceptors (Lipinski definition) is 2. The maximum absolute atomic E-state index is 3.67. The third-order valence-electron chi connectivity index (χ3n) is 5.30. The van der Waals surface area contributed by atoms with Gasteiger partial charge in [0.2, 0.25) is 0 Å². The van der Waals surface area contributed by atoms with Gasteiger partial charge in [-0.2, -0.15) is 0 Å². The summed E-state index contributed by atoms with van der Waals surface area (Å²) < 4.78 is 0. The molecule has 0 amide bonds. The van der Waals surface area contributed by atoms with E-state index in [-0.39, 0.29) is 0 Å². The molecule has 0 spiro atoms. The molecule has 1 aromatic rings. The van der Waals surface area contributed by atoms with Gasteiger partial charge in [-0.15, -0.1) is 11.3 Å². The Balaban J connectivity index is 1.87. The highest BCUT2D eigenvalue weighted by Crippen LogP contribution is 2.39. The first-order valence-corrected chi connectivity index (χ1v) is 9.81. The molecule has 1 saturated carbocycles. The van der Waals surface area contributed by atoms with Crippen LogP contribution in [0.4, 0.5) is 0 Å². The minimum atomic E-state index is 0.860. The summed E-state index contributed by atoms with van der Waals surface area (Å²) in [5.74, 6) is 3.66. The van der Waals surface area contributed by atoms with Crippen molar-refractivity contribution in [2.45, 2.75) is 59.3 Å². The lowest BCUT2D eigenvalue weighted by Crippen LogP contribution is -2.35. The molecule has 1 aliphatic rings. The van der Waals surface area contributed by atoms with Crippen molar-refractivity contribution in [3.05, 3.63) is 22.4 Å². The molecule has 0 saturated heterocycles. The number of nitrogens with one attached hydrogen (secondary N) is 1. The van der Waals surface area contributed by atoms with Crippen LogP contribution in [0.1, 0.15) is 57.8 Å². The molecule has 1 aromatic heterocycles. The van der Waals surface area contributed by atoms with Crippen molar-refractivity contribution in [3.8, 4) is 0 Å². The molecule has 0 radical (unpaired) electrons. The molecular weight excluding hydrogens is 274 g/mol. The zero-order valence-corrected chi connectivity index (χ0v) is 14.9. The summed E-state index contributed by atoms with van der Waals surface area (Å²) in [6.45, 7) is 9.51. The Labute approximate surface area is 135 Å². The van der Waals surface area contributed by atoms with E-state index in [9.17, 15) is 0 Å². The highest BCUT2D eigenvalue weighted by atomic mass is 32.1. The van der Waals surface area contributed by atoms with Crippen molar-refractivity contribution < 1.29 is 0 Å². The van der Waals surface area contributed by atoms with Gasteiger partial charge in [0.15, 0.2) is 0 Å². The van der Waals surface area contributed by atoms with Crippen LogP contribution >= 0.6 is 11.3 Å². The first kappa shape index (κ1) is 17.0. The van der Waals surface area contributed by atoms with Crippen LogP contribution in [0.2, 0.25) is 0 Å². The van der Waals surface area contributed by atoms with E-state index in [2.05, 4.69) is 43.6 Å². The largest absolute Gasteiger partial charge is 0.316 e. The van der Waals surface area contributed by atoms with Crippen LogP contribution in [0.15, 0.2) is 17.5 Å². The van der Waals surface area contributed by atoms with E-state index < -0.39 is 0 Å². The van der Waals surface area contributed by atoms with Gasteiger partial charge in [-0.1, -0.05) is 26.8 Å². The molecule has 1 nitrogen and oxygen atoms in total. The van der Waals surface area contributed by atoms with Crippen molar-refractivity contribution in [2.75, 3.05) is 13.1 Å². The highest BCUT2D eigenvalue weighted by Gasteiger charge is 2.31. The predicted octanol–water partition coefficient (Wildman–Crippen LogP) is 5.37. The van der Waals surface area contributed by atoms with Crippen LogP contribution in [-0.2, 0) is 6.42 Å². The molecule has 1 fully saturated rings. The van der Waals surface area contributed by atoms with Crippen LogP contribution in [0.25, 0.3) is 0 Å². The van der Waals surface area contributed by atoms with Gasteiger partial charge in [-0.3, -0.25) is 0 Å². The van der Waals surface area contributed by atoms with Crippen molar-refractivity contribution in [2.24, 2.45) is 23.7 Å². The predicted molar refractivity (Wildman–Crippen MR) is 95.0 cm³/mol. The van der Waals surface area contributed by atoms with Gasteiger partial charge in [0.1, 0.15) is 0 Å². The molecule has 21 heavy (non-hydrogen) atoms. The first-order chi connectivity index (χ1) is 10.2. The van der Waals surface area contributed by atoms with Crippen LogP contribution in [0, 0.1) is 23.7 Å². The molecule has 0 bridgehead atoms. The highest BCUT2D eigenvalue weighted by molar-refractivity contribution is 7.09. The first-order valence-electron chi connectivity index (χ1n) is 8.93. The number of hydrogen-bond donors (Lipinski definition) is 1. The van der Waals surface area contributed by atoms with E-state index in [0.717, 1.165) is 23.7 Å². The van der Waals surface area contributed by atoms with Gasteiger partial charge >= 0.3 is 0 Å². The van der Waals surface area contributed by atoms with E-state index in [4.69, 9.17) is 0 Å². The van der Waals surface area contributed by atoms with Crippen LogP contribution < -0.4 is 5.32 Å². The van der Waals surface area contributed by atoms with Crippen LogP contribution in [0.5, 0.6) is 0 Å². The quantitative estimate of drug-likeness (QED) is 0.637. The molecule has 1 heterocycles. The van der Waals surface area contributed by atoms with Gasteiger partial charge < -0.3 is 5.32 Å². The zero-order valence-electron chi connectivity index (χ0n) is 14.1. The smallest absolute Gasteiger partial charge is 0.00453 e. The molecular formula is C19H33NS. The van der Waals surface area contributed by atoms with Crippen LogP contribution in [-0.4, -0.2) is 13.1 Å². The molecule has 120 valence electrons. The van der Waals surface area contributed by atoms with Crippen molar-refractivity contribution >= 4 is 11.3 Å². The van der Waals surface area contributed by atoms with Gasteiger partial charge in [0.25, 0.3) is 0 Å². The summed E-state index contributed by atoms with van der Waals surface area (Å²) >= 11 is 1.93. The normalized spacial score (nSPS) is 26.4. The Morgan fingerprint density at radius 1 is 1.29 bits per heavy atom. The summed E-state index contributed by atoms with van der Waals surface area (Å²) in [6, 6.07) is 4.50. The lowest BCUT2D eigenvalue weighted by atomic mass is 9.69. The minimum absolute atomic E-state index is 0.860. The number of aryl methyl sites for hydroxylation is 1. The molecule has 1 aliphatic carbocycles. The maximum atomic E-state index is 3.67. The summed E-state index contributed by atoms with van der Waals surface area (Å²) in [6.07, 6.45) is 8.28. The fraction of sp³-hybridized carbons (Fsp3) is 0.789. The second-order valence-electron chi connectivity index (χ2n) is 7.16. The van der Waals surface area contributed by atoms with E-state index in [1.54, 1.807) is 4.88 Å². The summed E-state index contributed by atoms with van der Waals surface area (Å²) in [5.41, 5.74) is 0. The molecule has 2 heteroatoms. The lowest BCUT2D eigenvalue weighted by molar-refractivity contribution is 0.138. The second-order valence-corrected chi connectivity index (χ2v) is 8.19. The number of thiophene rings is 1. The molecule has 3 unspecified atom stereocenters. The van der Waals surface area contributed by atoms with Gasteiger partial charge in [0, 0.05) is 4.88 Å². The van der Waals surface area contributed by atoms with E-state index >= 15 is 0 Å². The molecule has 0 aromatic carbocycles. The summed E-state index contributed by atoms with van der Waals surface area (Å²) in [5, 5.41) is 5.89. The lowest BCUT2D eigenvalue weighted by Gasteiger charge is -2.38. The summed E-state index contributed by atoms with van der Waals surface area (Å²) in [4.78, 5) is 1.57. The average molecular weight is 308 g/mol. The third kappa shape index (κ3) is 5.41. The van der Waals surface area contributed by atoms with Gasteiger partial charge in [-0.05, 0) is 86.7 Å². The maximum Gasteiger partial charge on any atom is 0.00453 e. The van der Waals surface area contributed by atoms with E-state index in [1.807, 2.05) is 11.3 Å². The van der Waals surface area contributed by atoms with E-state index in [0.29, 0.717) is 0 Å². The minimum Gasteiger partial charge on any atom is -0.316 e. The topological polar surface area (TPSA) is 12.0 Å². The summed E-state index contributed by atoms with van der Waals surface area (Å²) in [7, 11) is 0. The average Bonchev–Trinajstić information content (AvgIpc) is 2.99. The van der Waals surface area contributed by atoms with Crippen molar-refractivity contribution in [1.29, 1.82) is 0 Å². The zero-order chi connectivity index (χ0) is 15.1. The Bertz CT molecular complexity index is 371. The third-order valence-corrected chi connectivity index (χ3v) is 6.23. The fourth-order valence-corrected chi connectivity index (χ4v) is 4.56. The second kappa shape index (κ2) is 8.95. The molecule has 0 aliphatic heterocycles. The van der Waals surface area contributed by atoms with Crippen molar-refractivity contribution in [1.82, 2.24) is 5.32 Å². The van der Waals surface area contributed by atoms with Crippen molar-refractivity contribution in [3.63, 3.8) is 0 Å². The fourth-order valence-electron chi connectivity index (χ4n) is 3.84. The molecule has 2 rings (SSSR count). The van der Waals surface area contributed by atoms with Gasteiger partial charge in [0.05, 0.1) is 0 Å². The van der Waals surface area contributed by atoms with Crippen LogP contribution in [0.3, 0.4) is 0 Å². The Morgan fingerprint density at radius 3 is 2.81 bits per heavy atom. The monoisotopic (exact) mass is 307 g/mol. The standard InChI is InChI=1S/C19H33NS/c1-4-11-20-14-18-8-7-16(15(2)3)13-17(18)9-10-19-6-5-12-21-19/h5-6,12,15-18,20H,4,7-11,13-14H2,1-3H3. The Hall–Kier alpha value is -0.340. The molecule has 1 N–H and O–H groups in total. The van der Waals surface area contributed by atoms with Gasteiger partial charge in [-0.25, -0.2) is 0 Å². The molecule has 3 atom stereocenters. The SMILES string of the molecule is CCCNCC1CCC(C(C)C)CC1CCc1cccs1. The number of rotatable bonds is 8. The van der Waals surface area contributed by atoms with E-state index in [1.165, 1.54) is 51.6 Å². The Kier molecular flexibility index (Phi) is 7.25. The Morgan fingerprint density at radius 2 is 2.14 bits per heavy atom.